The minimum Gasteiger partial charge on any atom is -0.332 e. The van der Waals surface area contributed by atoms with Gasteiger partial charge in [-0.15, -0.1) is 0 Å². The summed E-state index contributed by atoms with van der Waals surface area (Å²) >= 11 is 0. The van der Waals surface area contributed by atoms with Gasteiger partial charge in [-0.2, -0.15) is 13.2 Å². The molecule has 80 valence electrons. The molecule has 0 fully saturated rings. The highest BCUT2D eigenvalue weighted by molar-refractivity contribution is 5.18. The van der Waals surface area contributed by atoms with E-state index in [0.717, 1.165) is 0 Å². The molecule has 1 heterocycles. The van der Waals surface area contributed by atoms with Gasteiger partial charge in [0.1, 0.15) is 5.82 Å². The molecule has 0 radical (unpaired) electrons. The molecule has 1 aromatic heterocycles. The van der Waals surface area contributed by atoms with Crippen molar-refractivity contribution in [2.24, 2.45) is 0 Å². The van der Waals surface area contributed by atoms with Crippen molar-refractivity contribution in [3.63, 3.8) is 0 Å². The fourth-order valence-corrected chi connectivity index (χ4v) is 1.55. The minimum absolute atomic E-state index is 0.205. The summed E-state index contributed by atoms with van der Waals surface area (Å²) in [6.07, 6.45) is -3.82. The maximum atomic E-state index is 12.4. The third-order valence-electron chi connectivity index (χ3n) is 2.20. The smallest absolute Gasteiger partial charge is 0.332 e. The van der Waals surface area contributed by atoms with Crippen LogP contribution >= 0.6 is 0 Å². The van der Waals surface area contributed by atoms with Crippen LogP contribution in [0.1, 0.15) is 31.1 Å². The Morgan fingerprint density at radius 2 is 1.86 bits per heavy atom. The predicted octanol–water partition coefficient (Wildman–Crippen LogP) is 2.79. The summed E-state index contributed by atoms with van der Waals surface area (Å²) in [6.45, 7) is 5.60. The van der Waals surface area contributed by atoms with Gasteiger partial charge in [0.15, 0.2) is 5.69 Å². The van der Waals surface area contributed by atoms with Gasteiger partial charge in [0.05, 0.1) is 0 Å². The molecule has 0 aromatic carbocycles. The van der Waals surface area contributed by atoms with Gasteiger partial charge in [0.2, 0.25) is 0 Å². The van der Waals surface area contributed by atoms with Crippen LogP contribution in [-0.2, 0) is 19.1 Å². The molecule has 0 saturated carbocycles. The zero-order valence-corrected chi connectivity index (χ0v) is 8.44. The van der Waals surface area contributed by atoms with E-state index in [-0.39, 0.29) is 5.69 Å². The lowest BCUT2D eigenvalue weighted by atomic mass is 10.3. The first-order valence-electron chi connectivity index (χ1n) is 4.55. The molecule has 0 unspecified atom stereocenters. The highest BCUT2D eigenvalue weighted by atomic mass is 19.4. The standard InChI is InChI=1S/C9H13F3N2/c1-4-7-13-8(9(10,11)12)6(3)14(7)5-2/h4-5H2,1-3H3. The fourth-order valence-electron chi connectivity index (χ4n) is 1.55. The van der Waals surface area contributed by atoms with E-state index >= 15 is 0 Å². The second-order valence-electron chi connectivity index (χ2n) is 3.06. The van der Waals surface area contributed by atoms with Crippen molar-refractivity contribution < 1.29 is 13.2 Å². The molecule has 0 atom stereocenters. The van der Waals surface area contributed by atoms with E-state index in [2.05, 4.69) is 4.98 Å². The van der Waals surface area contributed by atoms with Crippen LogP contribution in [0.2, 0.25) is 0 Å². The third-order valence-corrected chi connectivity index (χ3v) is 2.20. The van der Waals surface area contributed by atoms with Crippen LogP contribution in [-0.4, -0.2) is 9.55 Å². The van der Waals surface area contributed by atoms with E-state index in [1.54, 1.807) is 11.5 Å². The Hall–Kier alpha value is -1.00. The molecule has 1 aromatic rings. The molecule has 0 saturated heterocycles. The number of imidazole rings is 1. The average Bonchev–Trinajstić information content (AvgIpc) is 2.40. The molecular weight excluding hydrogens is 193 g/mol. The number of halogens is 3. The second kappa shape index (κ2) is 3.63. The molecule has 0 amide bonds. The highest BCUT2D eigenvalue weighted by Gasteiger charge is 2.36. The summed E-state index contributed by atoms with van der Waals surface area (Å²) < 4.78 is 38.9. The molecule has 2 nitrogen and oxygen atoms in total. The van der Waals surface area contributed by atoms with Crippen LogP contribution in [0.25, 0.3) is 0 Å². The fraction of sp³-hybridized carbons (Fsp3) is 0.667. The van der Waals surface area contributed by atoms with Crippen LogP contribution in [0.4, 0.5) is 13.2 Å². The van der Waals surface area contributed by atoms with Gasteiger partial charge in [0.25, 0.3) is 0 Å². The Labute approximate surface area is 80.8 Å². The topological polar surface area (TPSA) is 17.8 Å². The second-order valence-corrected chi connectivity index (χ2v) is 3.06. The summed E-state index contributed by atoms with van der Waals surface area (Å²) in [5, 5.41) is 0. The Kier molecular flexibility index (Phi) is 2.87. The Morgan fingerprint density at radius 3 is 2.14 bits per heavy atom. The Balaban J connectivity index is 3.28. The van der Waals surface area contributed by atoms with Gasteiger partial charge < -0.3 is 4.57 Å². The number of alkyl halides is 3. The van der Waals surface area contributed by atoms with Crippen LogP contribution in [0.3, 0.4) is 0 Å². The van der Waals surface area contributed by atoms with Crippen LogP contribution in [0.15, 0.2) is 0 Å². The third kappa shape index (κ3) is 1.76. The summed E-state index contributed by atoms with van der Waals surface area (Å²) in [4.78, 5) is 3.61. The zero-order chi connectivity index (χ0) is 10.9. The van der Waals surface area contributed by atoms with Gasteiger partial charge in [0, 0.05) is 18.7 Å². The average molecular weight is 206 g/mol. The number of aromatic nitrogens is 2. The van der Waals surface area contributed by atoms with E-state index in [4.69, 9.17) is 0 Å². The van der Waals surface area contributed by atoms with E-state index in [0.29, 0.717) is 18.8 Å². The van der Waals surface area contributed by atoms with Crippen molar-refractivity contribution in [2.45, 2.75) is 39.9 Å². The Morgan fingerprint density at radius 1 is 1.29 bits per heavy atom. The van der Waals surface area contributed by atoms with E-state index < -0.39 is 11.9 Å². The van der Waals surface area contributed by atoms with Crippen molar-refractivity contribution in [1.29, 1.82) is 0 Å². The van der Waals surface area contributed by atoms with Crippen molar-refractivity contribution in [2.75, 3.05) is 0 Å². The largest absolute Gasteiger partial charge is 0.435 e. The van der Waals surface area contributed by atoms with Crippen LogP contribution in [0, 0.1) is 6.92 Å². The lowest BCUT2D eigenvalue weighted by molar-refractivity contribution is -0.141. The first-order chi connectivity index (χ1) is 6.41. The van der Waals surface area contributed by atoms with Crippen molar-refractivity contribution >= 4 is 0 Å². The summed E-state index contributed by atoms with van der Waals surface area (Å²) in [7, 11) is 0. The number of nitrogens with zero attached hydrogens (tertiary/aromatic N) is 2. The quantitative estimate of drug-likeness (QED) is 0.727. The molecule has 0 spiro atoms. The van der Waals surface area contributed by atoms with E-state index in [1.165, 1.54) is 6.92 Å². The minimum atomic E-state index is -4.34. The lowest BCUT2D eigenvalue weighted by Crippen LogP contribution is -2.08. The predicted molar refractivity (Wildman–Crippen MR) is 47.0 cm³/mol. The maximum Gasteiger partial charge on any atom is 0.435 e. The monoisotopic (exact) mass is 206 g/mol. The molecule has 1 rings (SSSR count). The number of hydrogen-bond acceptors (Lipinski definition) is 1. The van der Waals surface area contributed by atoms with Gasteiger partial charge in [-0.25, -0.2) is 4.98 Å². The van der Waals surface area contributed by atoms with Gasteiger partial charge >= 0.3 is 6.18 Å². The van der Waals surface area contributed by atoms with E-state index in [9.17, 15) is 13.2 Å². The Bertz CT molecular complexity index is 326. The van der Waals surface area contributed by atoms with Gasteiger partial charge in [-0.05, 0) is 13.8 Å². The van der Waals surface area contributed by atoms with Crippen molar-refractivity contribution in [3.8, 4) is 0 Å². The molecule has 0 aliphatic heterocycles. The molecular formula is C9H13F3N2. The SMILES string of the molecule is CCc1nc(C(F)(F)F)c(C)n1CC. The first-order valence-corrected chi connectivity index (χ1v) is 4.55. The van der Waals surface area contributed by atoms with Crippen molar-refractivity contribution in [3.05, 3.63) is 17.2 Å². The number of aryl methyl sites for hydroxylation is 1. The number of rotatable bonds is 2. The number of hydrogen-bond donors (Lipinski definition) is 0. The molecule has 14 heavy (non-hydrogen) atoms. The van der Waals surface area contributed by atoms with Crippen LogP contribution < -0.4 is 0 Å². The van der Waals surface area contributed by atoms with E-state index in [1.807, 2.05) is 6.92 Å². The summed E-state index contributed by atoms with van der Waals surface area (Å²) in [5.74, 6) is 0.498. The zero-order valence-electron chi connectivity index (χ0n) is 8.44. The summed E-state index contributed by atoms with van der Waals surface area (Å²) in [6, 6.07) is 0. The molecule has 0 aliphatic rings. The first kappa shape index (κ1) is 11.1. The van der Waals surface area contributed by atoms with Crippen molar-refractivity contribution in [1.82, 2.24) is 9.55 Å². The lowest BCUT2D eigenvalue weighted by Gasteiger charge is -2.06. The summed E-state index contributed by atoms with van der Waals surface area (Å²) in [5.41, 5.74) is -0.548. The van der Waals surface area contributed by atoms with Gasteiger partial charge in [-0.3, -0.25) is 0 Å². The normalized spacial score (nSPS) is 12.1. The van der Waals surface area contributed by atoms with Gasteiger partial charge in [-0.1, -0.05) is 6.92 Å². The molecule has 5 heteroatoms. The maximum absolute atomic E-state index is 12.4. The molecule has 0 aliphatic carbocycles. The molecule has 0 bridgehead atoms. The molecule has 0 N–H and O–H groups in total. The van der Waals surface area contributed by atoms with Crippen LogP contribution in [0.5, 0.6) is 0 Å². The highest BCUT2D eigenvalue weighted by Crippen LogP contribution is 2.31.